The molecular weight excluding hydrogens is 511 g/mol. The van der Waals surface area contributed by atoms with Crippen LogP contribution in [0.2, 0.25) is 0 Å². The second-order valence-electron chi connectivity index (χ2n) is 7.58. The van der Waals surface area contributed by atoms with E-state index in [0.717, 1.165) is 42.8 Å². The highest BCUT2D eigenvalue weighted by atomic mass is 127. The predicted octanol–water partition coefficient (Wildman–Crippen LogP) is 4.00. The molecule has 0 bridgehead atoms. The molecule has 0 spiro atoms. The number of carbonyl (C=O) groups excluding carboxylic acids is 1. The van der Waals surface area contributed by atoms with Gasteiger partial charge in [0, 0.05) is 62.9 Å². The lowest BCUT2D eigenvalue weighted by atomic mass is 10.2. The molecule has 3 aromatic rings. The highest BCUT2D eigenvalue weighted by Crippen LogP contribution is 2.32. The molecule has 1 aromatic heterocycles. The molecule has 0 N–H and O–H groups in total. The number of hydrogen-bond donors (Lipinski definition) is 0. The summed E-state index contributed by atoms with van der Waals surface area (Å²) in [6.45, 7) is 4.03. The number of nitro groups is 1. The Labute approximate surface area is 193 Å². The van der Waals surface area contributed by atoms with Crippen LogP contribution in [-0.4, -0.2) is 64.5 Å². The molecule has 1 amide bonds. The molecule has 0 radical (unpaired) electrons. The van der Waals surface area contributed by atoms with Crippen molar-refractivity contribution in [3.63, 3.8) is 0 Å². The number of likely N-dealkylation sites (N-methyl/N-ethyl adjacent to an activating group) is 1. The molecule has 9 heteroatoms. The second-order valence-corrected chi connectivity index (χ2v) is 9.01. The van der Waals surface area contributed by atoms with Crippen LogP contribution in [0.5, 0.6) is 0 Å². The van der Waals surface area contributed by atoms with Crippen LogP contribution in [0.25, 0.3) is 11.0 Å². The predicted molar refractivity (Wildman–Crippen MR) is 128 cm³/mol. The Hall–Kier alpha value is -2.66. The van der Waals surface area contributed by atoms with Gasteiger partial charge in [0.05, 0.1) is 20.9 Å². The monoisotopic (exact) mass is 534 g/mol. The maximum atomic E-state index is 12.6. The number of amides is 1. The summed E-state index contributed by atoms with van der Waals surface area (Å²) in [5.41, 5.74) is 2.48. The Balaban J connectivity index is 1.32. The minimum Gasteiger partial charge on any atom is -0.462 e. The van der Waals surface area contributed by atoms with Crippen LogP contribution in [0.1, 0.15) is 10.4 Å². The van der Waals surface area contributed by atoms with Gasteiger partial charge in [0.2, 0.25) is 0 Å². The average molecular weight is 534 g/mol. The van der Waals surface area contributed by atoms with Crippen molar-refractivity contribution in [3.05, 3.63) is 70.5 Å². The minimum atomic E-state index is -0.468. The van der Waals surface area contributed by atoms with E-state index in [4.69, 9.17) is 4.42 Å². The number of fused-ring (bicyclic) bond motifs is 1. The number of halogens is 1. The normalized spacial score (nSPS) is 17.1. The number of nitrogens with zero attached hydrogens (tertiary/aromatic N) is 4. The van der Waals surface area contributed by atoms with Crippen molar-refractivity contribution in [2.24, 2.45) is 0 Å². The summed E-state index contributed by atoms with van der Waals surface area (Å²) in [5, 5.41) is 11.9. The number of benzene rings is 2. The third kappa shape index (κ3) is 4.67. The lowest BCUT2D eigenvalue weighted by Gasteiger charge is -2.40. The number of hydrogen-bond acceptors (Lipinski definition) is 6. The fourth-order valence-electron chi connectivity index (χ4n) is 3.81. The van der Waals surface area contributed by atoms with E-state index in [1.54, 1.807) is 18.2 Å². The van der Waals surface area contributed by atoms with Crippen molar-refractivity contribution in [1.82, 2.24) is 9.80 Å². The number of non-ortho nitro benzene ring substituents is 1. The van der Waals surface area contributed by atoms with Gasteiger partial charge in [-0.15, -0.1) is 0 Å². The SMILES string of the molecule is CN(CCN1CCN(c2cccc3ccoc23)C(I)C1)C(=O)c1ccc([N+](=O)[O-])cc1. The van der Waals surface area contributed by atoms with Crippen LogP contribution < -0.4 is 4.90 Å². The zero-order valence-electron chi connectivity index (χ0n) is 17.1. The molecule has 1 atom stereocenters. The minimum absolute atomic E-state index is 0.0181. The number of para-hydroxylation sites is 1. The second kappa shape index (κ2) is 9.23. The van der Waals surface area contributed by atoms with Crippen molar-refractivity contribution in [2.45, 2.75) is 4.05 Å². The van der Waals surface area contributed by atoms with Gasteiger partial charge in [0.25, 0.3) is 11.6 Å². The molecule has 0 saturated carbocycles. The highest BCUT2D eigenvalue weighted by molar-refractivity contribution is 14.1. The third-order valence-corrected chi connectivity index (χ3v) is 6.66. The smallest absolute Gasteiger partial charge is 0.269 e. The van der Waals surface area contributed by atoms with Gasteiger partial charge in [-0.2, -0.15) is 0 Å². The summed E-state index contributed by atoms with van der Waals surface area (Å²) in [6, 6.07) is 13.9. The zero-order chi connectivity index (χ0) is 22.0. The Morgan fingerprint density at radius 1 is 1.23 bits per heavy atom. The van der Waals surface area contributed by atoms with Gasteiger partial charge in [-0.1, -0.05) is 34.7 Å². The molecule has 0 aliphatic carbocycles. The fourth-order valence-corrected chi connectivity index (χ4v) is 4.94. The Morgan fingerprint density at radius 2 is 2.00 bits per heavy atom. The molecule has 1 aliphatic heterocycles. The van der Waals surface area contributed by atoms with E-state index in [1.165, 1.54) is 24.3 Å². The van der Waals surface area contributed by atoms with Crippen molar-refractivity contribution >= 4 is 50.8 Å². The Kier molecular flexibility index (Phi) is 6.42. The molecule has 162 valence electrons. The highest BCUT2D eigenvalue weighted by Gasteiger charge is 2.27. The first-order chi connectivity index (χ1) is 14.9. The molecule has 4 rings (SSSR count). The van der Waals surface area contributed by atoms with Crippen LogP contribution >= 0.6 is 22.6 Å². The molecule has 1 fully saturated rings. The summed E-state index contributed by atoms with van der Waals surface area (Å²) < 4.78 is 5.99. The summed E-state index contributed by atoms with van der Waals surface area (Å²) in [4.78, 5) is 29.3. The molecule has 8 nitrogen and oxygen atoms in total. The topological polar surface area (TPSA) is 83.1 Å². The van der Waals surface area contributed by atoms with Gasteiger partial charge in [-0.3, -0.25) is 19.8 Å². The van der Waals surface area contributed by atoms with E-state index >= 15 is 0 Å². The first kappa shape index (κ1) is 21.6. The van der Waals surface area contributed by atoms with Crippen molar-refractivity contribution in [1.29, 1.82) is 0 Å². The lowest BCUT2D eigenvalue weighted by Crippen LogP contribution is -2.52. The maximum Gasteiger partial charge on any atom is 0.269 e. The zero-order valence-corrected chi connectivity index (χ0v) is 19.3. The molecule has 1 unspecified atom stereocenters. The summed E-state index contributed by atoms with van der Waals surface area (Å²) >= 11 is 2.46. The summed E-state index contributed by atoms with van der Waals surface area (Å²) in [5.74, 6) is -0.135. The van der Waals surface area contributed by atoms with Gasteiger partial charge in [-0.05, 0) is 24.3 Å². The molecule has 31 heavy (non-hydrogen) atoms. The van der Waals surface area contributed by atoms with E-state index in [9.17, 15) is 14.9 Å². The number of nitro benzene ring substituents is 1. The van der Waals surface area contributed by atoms with Crippen LogP contribution in [0.15, 0.2) is 59.2 Å². The number of rotatable bonds is 6. The molecule has 1 aliphatic rings. The molecule has 2 aromatic carbocycles. The first-order valence-corrected chi connectivity index (χ1v) is 11.3. The Bertz CT molecular complexity index is 1080. The number of alkyl halides is 1. The van der Waals surface area contributed by atoms with Crippen molar-refractivity contribution < 1.29 is 14.1 Å². The van der Waals surface area contributed by atoms with Crippen LogP contribution in [0.3, 0.4) is 0 Å². The molecule has 2 heterocycles. The first-order valence-electron chi connectivity index (χ1n) is 10.0. The molecule has 1 saturated heterocycles. The van der Waals surface area contributed by atoms with Crippen LogP contribution in [0.4, 0.5) is 11.4 Å². The van der Waals surface area contributed by atoms with Crippen LogP contribution in [0, 0.1) is 10.1 Å². The molecular formula is C22H23IN4O4. The number of furan rings is 1. The van der Waals surface area contributed by atoms with E-state index < -0.39 is 4.92 Å². The van der Waals surface area contributed by atoms with Gasteiger partial charge >= 0.3 is 0 Å². The van der Waals surface area contributed by atoms with E-state index in [-0.39, 0.29) is 15.6 Å². The number of piperazine rings is 1. The van der Waals surface area contributed by atoms with Crippen molar-refractivity contribution in [3.8, 4) is 0 Å². The van der Waals surface area contributed by atoms with Crippen molar-refractivity contribution in [2.75, 3.05) is 44.7 Å². The average Bonchev–Trinajstić information content (AvgIpc) is 3.26. The van der Waals surface area contributed by atoms with Crippen LogP contribution in [-0.2, 0) is 0 Å². The summed E-state index contributed by atoms with van der Waals surface area (Å²) in [7, 11) is 1.76. The van der Waals surface area contributed by atoms with Gasteiger partial charge in [0.15, 0.2) is 5.58 Å². The number of anilines is 1. The van der Waals surface area contributed by atoms with E-state index in [2.05, 4.69) is 50.6 Å². The van der Waals surface area contributed by atoms with E-state index in [0.29, 0.717) is 12.1 Å². The Morgan fingerprint density at radius 3 is 2.71 bits per heavy atom. The fraction of sp³-hybridized carbons (Fsp3) is 0.318. The number of carbonyl (C=O) groups is 1. The quantitative estimate of drug-likeness (QED) is 0.156. The third-order valence-electron chi connectivity index (χ3n) is 5.60. The van der Waals surface area contributed by atoms with E-state index in [1.807, 2.05) is 6.07 Å². The van der Waals surface area contributed by atoms with Gasteiger partial charge in [-0.25, -0.2) is 0 Å². The standard InChI is InChI=1S/C22H23IN4O4/c1-24(22(28)17-5-7-18(8-6-17)27(29)30)10-11-25-12-13-26(20(23)15-25)19-4-2-3-16-9-14-31-21(16)19/h2-9,14,20H,10-13,15H2,1H3. The maximum absolute atomic E-state index is 12.6. The van der Waals surface area contributed by atoms with Gasteiger partial charge < -0.3 is 14.2 Å². The summed E-state index contributed by atoms with van der Waals surface area (Å²) in [6.07, 6.45) is 1.73. The largest absolute Gasteiger partial charge is 0.462 e. The lowest BCUT2D eigenvalue weighted by molar-refractivity contribution is -0.384. The van der Waals surface area contributed by atoms with Gasteiger partial charge in [0.1, 0.15) is 0 Å².